The average molecular weight is 303 g/mol. The summed E-state index contributed by atoms with van der Waals surface area (Å²) in [5.41, 5.74) is 0. The van der Waals surface area contributed by atoms with Crippen LogP contribution < -0.4 is 0 Å². The molecule has 1 heterocycles. The Morgan fingerprint density at radius 1 is 0.867 bits per heavy atom. The van der Waals surface area contributed by atoms with Gasteiger partial charge in [0.25, 0.3) is 0 Å². The van der Waals surface area contributed by atoms with E-state index >= 15 is 0 Å². The van der Waals surface area contributed by atoms with Gasteiger partial charge in [-0.25, -0.2) is 0 Å². The van der Waals surface area contributed by atoms with E-state index in [1.54, 1.807) is 0 Å². The van der Waals surface area contributed by atoms with Gasteiger partial charge in [-0.2, -0.15) is 47.0 Å². The third kappa shape index (κ3) is 8.42. The maximum Gasteiger partial charge on any atom is 0.0350 e. The van der Waals surface area contributed by atoms with Gasteiger partial charge in [0.2, 0.25) is 0 Å². The molecule has 0 saturated carbocycles. The molecule has 0 bridgehead atoms. The summed E-state index contributed by atoms with van der Waals surface area (Å²) in [6, 6.07) is 0. The molecule has 0 amide bonds. The summed E-state index contributed by atoms with van der Waals surface area (Å²) in [5.74, 6) is 9.92. The Balaban J connectivity index is 2.17. The van der Waals surface area contributed by atoms with Crippen LogP contribution in [0.4, 0.5) is 0 Å². The van der Waals surface area contributed by atoms with Crippen LogP contribution in [0.5, 0.6) is 0 Å². The predicted molar refractivity (Wildman–Crippen MR) is 83.6 cm³/mol. The van der Waals surface area contributed by atoms with Crippen LogP contribution in [0.3, 0.4) is 0 Å². The highest BCUT2D eigenvalue weighted by Crippen LogP contribution is 2.21. The van der Waals surface area contributed by atoms with Crippen molar-refractivity contribution in [1.29, 1.82) is 0 Å². The molecule has 1 saturated heterocycles. The average Bonchev–Trinajstić information content (AvgIpc) is 2.29. The topological polar surface area (TPSA) is 0 Å². The molecule has 0 aromatic carbocycles. The van der Waals surface area contributed by atoms with Crippen LogP contribution in [0.1, 0.15) is 6.42 Å². The summed E-state index contributed by atoms with van der Waals surface area (Å²) in [6.45, 7) is 0. The third-order valence-corrected chi connectivity index (χ3v) is 7.81. The van der Waals surface area contributed by atoms with E-state index < -0.39 is 0 Å². The summed E-state index contributed by atoms with van der Waals surface area (Å²) >= 11 is 14.3. The van der Waals surface area contributed by atoms with Crippen molar-refractivity contribution < 1.29 is 0 Å². The molecule has 1 atom stereocenters. The first-order valence-corrected chi connectivity index (χ1v) is 10.4. The third-order valence-electron chi connectivity index (χ3n) is 2.01. The van der Waals surface area contributed by atoms with E-state index in [2.05, 4.69) is 47.0 Å². The fourth-order valence-corrected chi connectivity index (χ4v) is 6.45. The monoisotopic (exact) mass is 302 g/mol. The molecule has 0 spiro atoms. The van der Waals surface area contributed by atoms with Crippen LogP contribution in [0, 0.1) is 0 Å². The molecule has 1 rings (SSSR count). The highest BCUT2D eigenvalue weighted by molar-refractivity contribution is 8.05. The highest BCUT2D eigenvalue weighted by atomic mass is 35.5. The smallest absolute Gasteiger partial charge is 0.0350 e. The van der Waals surface area contributed by atoms with E-state index in [1.807, 2.05) is 0 Å². The highest BCUT2D eigenvalue weighted by Gasteiger charge is 2.08. The lowest BCUT2D eigenvalue weighted by atomic mass is 10.6. The largest absolute Gasteiger partial charge is 0.161 e. The fraction of sp³-hybridized carbons (Fsp3) is 1.00. The van der Waals surface area contributed by atoms with Gasteiger partial charge >= 0.3 is 0 Å². The van der Waals surface area contributed by atoms with Crippen molar-refractivity contribution in [1.82, 2.24) is 0 Å². The number of hydrogen-bond donors (Lipinski definition) is 0. The van der Waals surface area contributed by atoms with E-state index in [0.717, 1.165) is 5.88 Å². The summed E-state index contributed by atoms with van der Waals surface area (Å²) in [6.07, 6.45) is 1.38. The van der Waals surface area contributed by atoms with Crippen molar-refractivity contribution >= 4 is 58.6 Å². The van der Waals surface area contributed by atoms with E-state index in [-0.39, 0.29) is 0 Å². The van der Waals surface area contributed by atoms with Crippen LogP contribution in [-0.4, -0.2) is 51.4 Å². The van der Waals surface area contributed by atoms with Crippen LogP contribution in [0.2, 0.25) is 0 Å². The zero-order valence-corrected chi connectivity index (χ0v) is 13.0. The quantitative estimate of drug-likeness (QED) is 0.673. The van der Waals surface area contributed by atoms with Crippen LogP contribution in [-0.2, 0) is 0 Å². The normalized spacial score (nSPS) is 27.4. The van der Waals surface area contributed by atoms with E-state index in [1.165, 1.54) is 46.7 Å². The molecule has 5 heteroatoms. The molecule has 0 aliphatic carbocycles. The zero-order valence-electron chi connectivity index (χ0n) is 8.95. The van der Waals surface area contributed by atoms with Crippen LogP contribution in [0.15, 0.2) is 0 Å². The molecule has 15 heavy (non-hydrogen) atoms. The second-order valence-corrected chi connectivity index (χ2v) is 8.62. The molecule has 0 N–H and O–H groups in total. The molecular weight excluding hydrogens is 284 g/mol. The molecule has 90 valence electrons. The van der Waals surface area contributed by atoms with Gasteiger partial charge < -0.3 is 0 Å². The molecule has 1 aliphatic heterocycles. The number of alkyl halides is 1. The molecule has 0 aromatic heterocycles. The Hall–Kier alpha value is 1.69. The molecule has 1 unspecified atom stereocenters. The number of halogens is 1. The van der Waals surface area contributed by atoms with Crippen molar-refractivity contribution in [3.63, 3.8) is 0 Å². The zero-order chi connectivity index (χ0) is 10.8. The first-order valence-electron chi connectivity index (χ1n) is 5.34. The summed E-state index contributed by atoms with van der Waals surface area (Å²) in [4.78, 5) is 0. The Bertz CT molecular complexity index is 131. The van der Waals surface area contributed by atoms with E-state index in [4.69, 9.17) is 11.6 Å². The lowest BCUT2D eigenvalue weighted by molar-refractivity contribution is 1.12. The Kier molecular flexibility index (Phi) is 10.6. The number of thioether (sulfide) groups is 4. The Morgan fingerprint density at radius 3 is 2.27 bits per heavy atom. The predicted octanol–water partition coefficient (Wildman–Crippen LogP) is 3.93. The fourth-order valence-electron chi connectivity index (χ4n) is 1.21. The Labute approximate surface area is 116 Å². The van der Waals surface area contributed by atoms with Gasteiger partial charge in [0.1, 0.15) is 0 Å². The maximum atomic E-state index is 5.96. The summed E-state index contributed by atoms with van der Waals surface area (Å²) < 4.78 is 0. The molecule has 1 fully saturated rings. The Morgan fingerprint density at radius 2 is 1.53 bits per heavy atom. The van der Waals surface area contributed by atoms with Crippen molar-refractivity contribution in [2.75, 3.05) is 46.1 Å². The van der Waals surface area contributed by atoms with Crippen LogP contribution >= 0.6 is 58.6 Å². The number of rotatable bonds is 1. The van der Waals surface area contributed by atoms with Crippen molar-refractivity contribution in [2.45, 2.75) is 11.7 Å². The summed E-state index contributed by atoms with van der Waals surface area (Å²) in [7, 11) is 0. The minimum atomic E-state index is 0.669. The van der Waals surface area contributed by atoms with Gasteiger partial charge in [0.05, 0.1) is 0 Å². The molecular formula is C10H19ClS4. The minimum Gasteiger partial charge on any atom is -0.161 e. The molecule has 0 nitrogen and oxygen atoms in total. The number of hydrogen-bond acceptors (Lipinski definition) is 4. The first-order chi connectivity index (χ1) is 7.43. The van der Waals surface area contributed by atoms with Crippen molar-refractivity contribution in [3.05, 3.63) is 0 Å². The standard InChI is InChI=1S/C10H19ClS4/c11-8-10-9-14-5-4-12-2-1-3-13-6-7-15-10/h10H,1-9H2. The second kappa shape index (κ2) is 10.8. The van der Waals surface area contributed by atoms with Gasteiger partial charge in [0.15, 0.2) is 0 Å². The van der Waals surface area contributed by atoms with Gasteiger partial charge in [-0.3, -0.25) is 0 Å². The van der Waals surface area contributed by atoms with E-state index in [9.17, 15) is 0 Å². The van der Waals surface area contributed by atoms with Gasteiger partial charge in [-0.1, -0.05) is 0 Å². The lowest BCUT2D eigenvalue weighted by Gasteiger charge is -2.12. The van der Waals surface area contributed by atoms with Gasteiger partial charge in [-0.05, 0) is 17.9 Å². The first kappa shape index (κ1) is 14.7. The van der Waals surface area contributed by atoms with Gasteiger partial charge in [0, 0.05) is 39.9 Å². The second-order valence-electron chi connectivity index (χ2n) is 3.30. The molecule has 0 radical (unpaired) electrons. The van der Waals surface area contributed by atoms with Gasteiger partial charge in [-0.15, -0.1) is 11.6 Å². The van der Waals surface area contributed by atoms with Crippen molar-refractivity contribution in [3.8, 4) is 0 Å². The minimum absolute atomic E-state index is 0.669. The summed E-state index contributed by atoms with van der Waals surface area (Å²) in [5, 5.41) is 0.669. The van der Waals surface area contributed by atoms with E-state index in [0.29, 0.717) is 5.25 Å². The maximum absolute atomic E-state index is 5.96. The van der Waals surface area contributed by atoms with Crippen molar-refractivity contribution in [2.24, 2.45) is 0 Å². The lowest BCUT2D eigenvalue weighted by Crippen LogP contribution is -2.10. The van der Waals surface area contributed by atoms with Crippen LogP contribution in [0.25, 0.3) is 0 Å². The molecule has 1 aliphatic rings. The molecule has 0 aromatic rings. The SMILES string of the molecule is ClCC1CSCCSCCCSCCS1.